The van der Waals surface area contributed by atoms with Crippen molar-refractivity contribution in [2.75, 3.05) is 13.2 Å². The summed E-state index contributed by atoms with van der Waals surface area (Å²) in [4.78, 5) is 19.0. The topological polar surface area (TPSA) is 46.8 Å². The van der Waals surface area contributed by atoms with Crippen LogP contribution >= 0.6 is 0 Å². The quantitative estimate of drug-likeness (QED) is 0.745. The summed E-state index contributed by atoms with van der Waals surface area (Å²) < 4.78 is 7.68. The maximum Gasteiger partial charge on any atom is 0.260 e. The number of benzene rings is 1. The molecule has 0 saturated carbocycles. The average Bonchev–Trinajstić information content (AvgIpc) is 2.99. The van der Waals surface area contributed by atoms with Crippen LogP contribution in [0.1, 0.15) is 17.0 Å². The van der Waals surface area contributed by atoms with Crippen molar-refractivity contribution < 1.29 is 9.53 Å². The van der Waals surface area contributed by atoms with Crippen LogP contribution in [0.15, 0.2) is 48.7 Å². The third-order valence-corrected chi connectivity index (χ3v) is 4.41. The summed E-state index contributed by atoms with van der Waals surface area (Å²) in [6.07, 6.45) is 2.78. The van der Waals surface area contributed by atoms with Crippen LogP contribution in [0.3, 0.4) is 0 Å². The number of carbonyl (C=O) groups is 1. The van der Waals surface area contributed by atoms with Gasteiger partial charge in [0, 0.05) is 19.2 Å². The normalized spacial score (nSPS) is 13.8. The number of amides is 1. The van der Waals surface area contributed by atoms with Crippen LogP contribution in [-0.2, 0) is 17.8 Å². The lowest BCUT2D eigenvalue weighted by molar-refractivity contribution is -0.134. The molecule has 0 radical (unpaired) electrons. The number of aromatic nitrogens is 2. The van der Waals surface area contributed by atoms with Gasteiger partial charge in [-0.05, 0) is 31.2 Å². The van der Waals surface area contributed by atoms with Gasteiger partial charge in [0.1, 0.15) is 11.4 Å². The van der Waals surface area contributed by atoms with E-state index in [2.05, 4.69) is 9.38 Å². The van der Waals surface area contributed by atoms with Gasteiger partial charge < -0.3 is 14.0 Å². The standard InChI is InChI=1S/C19H19N3O2/c1-14-5-7-15(8-6-14)24-13-19(23)21-11-9-16-17(12-21)22-10-3-2-4-18(22)20-16/h2-8,10H,9,11-13H2,1H3. The van der Waals surface area contributed by atoms with Gasteiger partial charge in [-0.2, -0.15) is 0 Å². The monoisotopic (exact) mass is 321 g/mol. The molecule has 5 nitrogen and oxygen atoms in total. The molecule has 0 saturated heterocycles. The molecular formula is C19H19N3O2. The van der Waals surface area contributed by atoms with E-state index in [4.69, 9.17) is 4.74 Å². The second-order valence-electron chi connectivity index (χ2n) is 6.10. The van der Waals surface area contributed by atoms with Crippen molar-refractivity contribution in [2.24, 2.45) is 0 Å². The molecule has 122 valence electrons. The average molecular weight is 321 g/mol. The Morgan fingerprint density at radius 3 is 2.88 bits per heavy atom. The van der Waals surface area contributed by atoms with Gasteiger partial charge in [-0.15, -0.1) is 0 Å². The minimum atomic E-state index is 0.00658. The largest absolute Gasteiger partial charge is 0.484 e. The number of aryl methyl sites for hydroxylation is 1. The molecule has 5 heteroatoms. The van der Waals surface area contributed by atoms with Crippen LogP contribution in [0.2, 0.25) is 0 Å². The lowest BCUT2D eigenvalue weighted by Crippen LogP contribution is -2.39. The van der Waals surface area contributed by atoms with Gasteiger partial charge in [0.2, 0.25) is 0 Å². The number of rotatable bonds is 3. The molecule has 0 fully saturated rings. The van der Waals surface area contributed by atoms with Gasteiger partial charge in [-0.25, -0.2) is 4.98 Å². The molecule has 0 N–H and O–H groups in total. The minimum Gasteiger partial charge on any atom is -0.484 e. The molecule has 0 bridgehead atoms. The smallest absolute Gasteiger partial charge is 0.260 e. The number of hydrogen-bond acceptors (Lipinski definition) is 3. The molecule has 3 aromatic rings. The van der Waals surface area contributed by atoms with Crippen molar-refractivity contribution in [1.82, 2.24) is 14.3 Å². The van der Waals surface area contributed by atoms with E-state index in [1.807, 2.05) is 60.5 Å². The van der Waals surface area contributed by atoms with Crippen LogP contribution in [0.4, 0.5) is 0 Å². The zero-order chi connectivity index (χ0) is 16.5. The lowest BCUT2D eigenvalue weighted by Gasteiger charge is -2.26. The molecule has 1 amide bonds. The molecule has 4 rings (SSSR count). The van der Waals surface area contributed by atoms with E-state index in [0.29, 0.717) is 13.1 Å². The van der Waals surface area contributed by atoms with E-state index in [-0.39, 0.29) is 12.5 Å². The number of pyridine rings is 1. The number of imidazole rings is 1. The number of nitrogens with zero attached hydrogens (tertiary/aromatic N) is 3. The Bertz CT molecular complexity index is 883. The molecule has 0 atom stereocenters. The van der Waals surface area contributed by atoms with Crippen molar-refractivity contribution in [2.45, 2.75) is 19.9 Å². The first-order valence-corrected chi connectivity index (χ1v) is 8.13. The Kier molecular flexibility index (Phi) is 3.69. The summed E-state index contributed by atoms with van der Waals surface area (Å²) in [5.74, 6) is 0.730. The molecule has 1 aliphatic rings. The number of fused-ring (bicyclic) bond motifs is 3. The fourth-order valence-corrected chi connectivity index (χ4v) is 3.05. The van der Waals surface area contributed by atoms with E-state index in [1.165, 1.54) is 5.56 Å². The fourth-order valence-electron chi connectivity index (χ4n) is 3.05. The lowest BCUT2D eigenvalue weighted by atomic mass is 10.1. The Labute approximate surface area is 140 Å². The fraction of sp³-hybridized carbons (Fsp3) is 0.263. The van der Waals surface area contributed by atoms with Crippen LogP contribution in [0.25, 0.3) is 5.65 Å². The van der Waals surface area contributed by atoms with Crippen LogP contribution in [0, 0.1) is 6.92 Å². The van der Waals surface area contributed by atoms with Crippen molar-refractivity contribution >= 4 is 11.6 Å². The van der Waals surface area contributed by atoms with Gasteiger partial charge in [-0.3, -0.25) is 4.79 Å². The highest BCUT2D eigenvalue weighted by molar-refractivity contribution is 5.78. The summed E-state index contributed by atoms with van der Waals surface area (Å²) >= 11 is 0. The molecule has 1 aromatic carbocycles. The predicted molar refractivity (Wildman–Crippen MR) is 91.0 cm³/mol. The number of hydrogen-bond donors (Lipinski definition) is 0. The van der Waals surface area contributed by atoms with Crippen molar-refractivity contribution in [3.8, 4) is 5.75 Å². The maximum absolute atomic E-state index is 12.5. The van der Waals surface area contributed by atoms with Crippen molar-refractivity contribution in [3.63, 3.8) is 0 Å². The van der Waals surface area contributed by atoms with Gasteiger partial charge in [0.15, 0.2) is 6.61 Å². The zero-order valence-electron chi connectivity index (χ0n) is 13.6. The first-order chi connectivity index (χ1) is 11.7. The third-order valence-electron chi connectivity index (χ3n) is 4.41. The Balaban J connectivity index is 1.45. The van der Waals surface area contributed by atoms with E-state index < -0.39 is 0 Å². The molecule has 0 spiro atoms. The van der Waals surface area contributed by atoms with Gasteiger partial charge >= 0.3 is 0 Å². The second kappa shape index (κ2) is 6.00. The van der Waals surface area contributed by atoms with Gasteiger partial charge in [-0.1, -0.05) is 23.8 Å². The number of carbonyl (C=O) groups excluding carboxylic acids is 1. The predicted octanol–water partition coefficient (Wildman–Crippen LogP) is 2.61. The minimum absolute atomic E-state index is 0.00658. The molecule has 1 aliphatic heterocycles. The van der Waals surface area contributed by atoms with Crippen molar-refractivity contribution in [1.29, 1.82) is 0 Å². The third kappa shape index (κ3) is 2.73. The second-order valence-corrected chi connectivity index (χ2v) is 6.10. The summed E-state index contributed by atoms with van der Waals surface area (Å²) in [6, 6.07) is 13.7. The van der Waals surface area contributed by atoms with E-state index >= 15 is 0 Å². The summed E-state index contributed by atoms with van der Waals surface area (Å²) in [5, 5.41) is 0. The summed E-state index contributed by atoms with van der Waals surface area (Å²) in [7, 11) is 0. The Hall–Kier alpha value is -2.82. The van der Waals surface area contributed by atoms with Crippen LogP contribution in [0.5, 0.6) is 5.75 Å². The molecule has 24 heavy (non-hydrogen) atoms. The molecule has 0 aliphatic carbocycles. The van der Waals surface area contributed by atoms with Crippen molar-refractivity contribution in [3.05, 3.63) is 65.6 Å². The molecule has 0 unspecified atom stereocenters. The first-order valence-electron chi connectivity index (χ1n) is 8.13. The van der Waals surface area contributed by atoms with E-state index in [9.17, 15) is 4.79 Å². The summed E-state index contributed by atoms with van der Waals surface area (Å²) in [5.41, 5.74) is 4.29. The Morgan fingerprint density at radius 1 is 1.21 bits per heavy atom. The molecular weight excluding hydrogens is 302 g/mol. The highest BCUT2D eigenvalue weighted by Crippen LogP contribution is 2.20. The number of ether oxygens (including phenoxy) is 1. The SMILES string of the molecule is Cc1ccc(OCC(=O)N2CCc3nc4ccccn4c3C2)cc1. The first kappa shape index (κ1) is 14.8. The van der Waals surface area contributed by atoms with Crippen LogP contribution < -0.4 is 4.74 Å². The Morgan fingerprint density at radius 2 is 2.04 bits per heavy atom. The van der Waals surface area contributed by atoms with E-state index in [1.54, 1.807) is 0 Å². The van der Waals surface area contributed by atoms with Gasteiger partial charge in [0.25, 0.3) is 5.91 Å². The molecule has 2 aromatic heterocycles. The zero-order valence-corrected chi connectivity index (χ0v) is 13.6. The highest BCUT2D eigenvalue weighted by atomic mass is 16.5. The summed E-state index contributed by atoms with van der Waals surface area (Å²) in [6.45, 7) is 3.36. The molecule has 3 heterocycles. The van der Waals surface area contributed by atoms with E-state index in [0.717, 1.165) is 29.2 Å². The van der Waals surface area contributed by atoms with Crippen LogP contribution in [-0.4, -0.2) is 33.3 Å². The maximum atomic E-state index is 12.5. The van der Waals surface area contributed by atoms with Gasteiger partial charge in [0.05, 0.1) is 17.9 Å². The highest BCUT2D eigenvalue weighted by Gasteiger charge is 2.24.